The number of nitrogens with zero attached hydrogens (tertiary/aromatic N) is 1. The van der Waals surface area contributed by atoms with Gasteiger partial charge in [0.2, 0.25) is 15.9 Å². The largest absolute Gasteiger partial charge is 0.353 e. The van der Waals surface area contributed by atoms with Crippen LogP contribution in [0.1, 0.15) is 36.9 Å². The molecule has 132 valence electrons. The number of carbonyl (C=O) groups is 1. The molecular formula is C19H22N2O3S. The molecule has 3 rings (SSSR count). The molecular weight excluding hydrogens is 336 g/mol. The Hall–Kier alpha value is -2.18. The Morgan fingerprint density at radius 1 is 1.04 bits per heavy atom. The van der Waals surface area contributed by atoms with Crippen molar-refractivity contribution in [3.05, 3.63) is 65.7 Å². The summed E-state index contributed by atoms with van der Waals surface area (Å²) in [7, 11) is -3.76. The number of piperazine rings is 1. The maximum atomic E-state index is 13.1. The number of amides is 1. The smallest absolute Gasteiger partial charge is 0.244 e. The van der Waals surface area contributed by atoms with Gasteiger partial charge in [0.15, 0.2) is 0 Å². The first-order valence-electron chi connectivity index (χ1n) is 8.35. The van der Waals surface area contributed by atoms with Crippen LogP contribution >= 0.6 is 0 Å². The van der Waals surface area contributed by atoms with Crippen molar-refractivity contribution in [2.45, 2.75) is 30.7 Å². The lowest BCUT2D eigenvalue weighted by atomic mass is 10.0. The molecule has 1 heterocycles. The number of hydrogen-bond donors (Lipinski definition) is 1. The number of benzene rings is 2. The number of hydrogen-bond acceptors (Lipinski definition) is 3. The van der Waals surface area contributed by atoms with Gasteiger partial charge in [0.05, 0.1) is 4.90 Å². The molecule has 0 radical (unpaired) electrons. The van der Waals surface area contributed by atoms with Gasteiger partial charge in [-0.05, 0) is 29.2 Å². The molecule has 25 heavy (non-hydrogen) atoms. The highest BCUT2D eigenvalue weighted by Crippen LogP contribution is 2.30. The van der Waals surface area contributed by atoms with E-state index < -0.39 is 16.1 Å². The minimum atomic E-state index is -3.76. The maximum absolute atomic E-state index is 13.1. The van der Waals surface area contributed by atoms with E-state index in [9.17, 15) is 13.2 Å². The van der Waals surface area contributed by atoms with Gasteiger partial charge in [-0.15, -0.1) is 0 Å². The van der Waals surface area contributed by atoms with E-state index >= 15 is 0 Å². The predicted molar refractivity (Wildman–Crippen MR) is 96.6 cm³/mol. The van der Waals surface area contributed by atoms with Crippen LogP contribution in [-0.2, 0) is 14.8 Å². The van der Waals surface area contributed by atoms with Gasteiger partial charge in [0.1, 0.15) is 6.04 Å². The Kier molecular flexibility index (Phi) is 4.92. The molecule has 0 aliphatic carbocycles. The Morgan fingerprint density at radius 2 is 1.68 bits per heavy atom. The van der Waals surface area contributed by atoms with Crippen LogP contribution in [0.2, 0.25) is 0 Å². The van der Waals surface area contributed by atoms with Crippen molar-refractivity contribution in [3.8, 4) is 0 Å². The zero-order valence-corrected chi connectivity index (χ0v) is 15.2. The van der Waals surface area contributed by atoms with Crippen LogP contribution in [0.4, 0.5) is 0 Å². The molecule has 1 aliphatic heterocycles. The number of carbonyl (C=O) groups excluding carboxylic acids is 1. The van der Waals surface area contributed by atoms with Gasteiger partial charge in [-0.25, -0.2) is 8.42 Å². The van der Waals surface area contributed by atoms with Crippen molar-refractivity contribution in [3.63, 3.8) is 0 Å². The molecule has 0 aromatic heterocycles. The number of sulfonamides is 1. The summed E-state index contributed by atoms with van der Waals surface area (Å²) in [6.07, 6.45) is 0. The fourth-order valence-electron chi connectivity index (χ4n) is 3.02. The number of nitrogens with one attached hydrogen (secondary N) is 1. The summed E-state index contributed by atoms with van der Waals surface area (Å²) in [6.45, 7) is 4.68. The van der Waals surface area contributed by atoms with E-state index in [0.29, 0.717) is 18.0 Å². The second-order valence-corrected chi connectivity index (χ2v) is 8.33. The zero-order chi connectivity index (χ0) is 18.0. The van der Waals surface area contributed by atoms with E-state index in [-0.39, 0.29) is 17.3 Å². The summed E-state index contributed by atoms with van der Waals surface area (Å²) in [5.41, 5.74) is 1.75. The quantitative estimate of drug-likeness (QED) is 0.914. The minimum absolute atomic E-state index is 0.215. The van der Waals surface area contributed by atoms with Crippen molar-refractivity contribution < 1.29 is 13.2 Å². The molecule has 5 nitrogen and oxygen atoms in total. The Morgan fingerprint density at radius 3 is 2.28 bits per heavy atom. The van der Waals surface area contributed by atoms with Gasteiger partial charge in [-0.1, -0.05) is 56.3 Å². The molecule has 0 bridgehead atoms. The molecule has 2 aromatic rings. The highest BCUT2D eigenvalue weighted by atomic mass is 32.2. The molecule has 6 heteroatoms. The molecule has 0 spiro atoms. The molecule has 1 fully saturated rings. The topological polar surface area (TPSA) is 66.5 Å². The second kappa shape index (κ2) is 6.98. The van der Waals surface area contributed by atoms with Gasteiger partial charge in [-0.3, -0.25) is 4.79 Å². The fourth-order valence-corrected chi connectivity index (χ4v) is 4.60. The summed E-state index contributed by atoms with van der Waals surface area (Å²) in [4.78, 5) is 12.6. The molecule has 0 saturated carbocycles. The van der Waals surface area contributed by atoms with Gasteiger partial charge >= 0.3 is 0 Å². The fraction of sp³-hybridized carbons (Fsp3) is 0.316. The van der Waals surface area contributed by atoms with E-state index in [0.717, 1.165) is 5.56 Å². The van der Waals surface area contributed by atoms with Crippen molar-refractivity contribution >= 4 is 15.9 Å². The van der Waals surface area contributed by atoms with Crippen molar-refractivity contribution in [1.29, 1.82) is 0 Å². The lowest BCUT2D eigenvalue weighted by molar-refractivity contribution is -0.126. The summed E-state index contributed by atoms with van der Waals surface area (Å²) < 4.78 is 27.6. The predicted octanol–water partition coefficient (Wildman–Crippen LogP) is 2.67. The molecule has 2 aromatic carbocycles. The van der Waals surface area contributed by atoms with Gasteiger partial charge < -0.3 is 5.32 Å². The van der Waals surface area contributed by atoms with Crippen molar-refractivity contribution in [1.82, 2.24) is 9.62 Å². The third-order valence-corrected chi connectivity index (χ3v) is 6.32. The van der Waals surface area contributed by atoms with Crippen LogP contribution in [0, 0.1) is 0 Å². The lowest BCUT2D eigenvalue weighted by Crippen LogP contribution is -2.52. The van der Waals surface area contributed by atoms with E-state index in [1.54, 1.807) is 36.4 Å². The minimum Gasteiger partial charge on any atom is -0.353 e. The Labute approximate surface area is 148 Å². The third-order valence-electron chi connectivity index (χ3n) is 4.44. The average molecular weight is 358 g/mol. The Bertz CT molecular complexity index is 846. The van der Waals surface area contributed by atoms with E-state index in [2.05, 4.69) is 19.2 Å². The molecule has 1 saturated heterocycles. The van der Waals surface area contributed by atoms with Gasteiger partial charge in [0, 0.05) is 13.1 Å². The van der Waals surface area contributed by atoms with Crippen LogP contribution in [-0.4, -0.2) is 31.7 Å². The standard InChI is InChI=1S/C19H22N2O3S/c1-14(2)15-8-10-17(11-9-15)25(23,24)21-13-12-20-19(22)18(21)16-6-4-3-5-7-16/h3-11,14,18H,12-13H2,1-2H3,(H,20,22). The maximum Gasteiger partial charge on any atom is 0.244 e. The zero-order valence-electron chi connectivity index (χ0n) is 14.3. The van der Waals surface area contributed by atoms with Crippen LogP contribution in [0.3, 0.4) is 0 Å². The summed E-state index contributed by atoms with van der Waals surface area (Å²) in [5.74, 6) is 0.0365. The van der Waals surface area contributed by atoms with Crippen molar-refractivity contribution in [2.24, 2.45) is 0 Å². The van der Waals surface area contributed by atoms with Gasteiger partial charge in [0.25, 0.3) is 0 Å². The molecule has 1 amide bonds. The molecule has 1 N–H and O–H groups in total. The van der Waals surface area contributed by atoms with E-state index in [4.69, 9.17) is 0 Å². The van der Waals surface area contributed by atoms with Gasteiger partial charge in [-0.2, -0.15) is 4.31 Å². The first kappa shape index (κ1) is 17.6. The van der Waals surface area contributed by atoms with Crippen LogP contribution in [0.15, 0.2) is 59.5 Å². The first-order chi connectivity index (χ1) is 11.9. The second-order valence-electron chi connectivity index (χ2n) is 6.44. The summed E-state index contributed by atoms with van der Waals surface area (Å²) >= 11 is 0. The SMILES string of the molecule is CC(C)c1ccc(S(=O)(=O)N2CCNC(=O)C2c2ccccc2)cc1. The van der Waals surface area contributed by atoms with Crippen LogP contribution in [0.25, 0.3) is 0 Å². The summed E-state index contributed by atoms with van der Waals surface area (Å²) in [5, 5.41) is 2.76. The molecule has 1 atom stereocenters. The number of rotatable bonds is 4. The third kappa shape index (κ3) is 3.45. The van der Waals surface area contributed by atoms with Crippen LogP contribution < -0.4 is 5.32 Å². The monoisotopic (exact) mass is 358 g/mol. The molecule has 1 unspecified atom stereocenters. The van der Waals surface area contributed by atoms with Crippen LogP contribution in [0.5, 0.6) is 0 Å². The molecule has 1 aliphatic rings. The lowest BCUT2D eigenvalue weighted by Gasteiger charge is -2.34. The van der Waals surface area contributed by atoms with E-state index in [1.165, 1.54) is 4.31 Å². The highest BCUT2D eigenvalue weighted by Gasteiger charge is 2.39. The highest BCUT2D eigenvalue weighted by molar-refractivity contribution is 7.89. The average Bonchev–Trinajstić information content (AvgIpc) is 2.62. The van der Waals surface area contributed by atoms with Crippen molar-refractivity contribution in [2.75, 3.05) is 13.1 Å². The normalized spacial score (nSPS) is 19.0. The Balaban J connectivity index is 2.00. The summed E-state index contributed by atoms with van der Waals surface area (Å²) in [6, 6.07) is 15.1. The van der Waals surface area contributed by atoms with E-state index in [1.807, 2.05) is 18.2 Å². The first-order valence-corrected chi connectivity index (χ1v) is 9.79.